The first-order valence-corrected chi connectivity index (χ1v) is 7.36. The molecule has 20 heavy (non-hydrogen) atoms. The molecule has 0 saturated heterocycles. The Kier molecular flexibility index (Phi) is 4.91. The average molecular weight is 269 g/mol. The van der Waals surface area contributed by atoms with Crippen molar-refractivity contribution in [2.24, 2.45) is 5.92 Å². The molecule has 106 valence electrons. The Hall–Kier alpha value is -1.67. The molecule has 2 rings (SSSR count). The maximum atomic E-state index is 12.2. The quantitative estimate of drug-likeness (QED) is 0.868. The molecular weight excluding hydrogens is 246 g/mol. The van der Waals surface area contributed by atoms with Gasteiger partial charge in [-0.15, -0.1) is 0 Å². The van der Waals surface area contributed by atoms with Gasteiger partial charge in [0.25, 0.3) is 0 Å². The number of Topliss-reactive ketones (excluding diaryl/α,β-unsaturated/α-hetero) is 1. The van der Waals surface area contributed by atoms with Gasteiger partial charge in [0.1, 0.15) is 0 Å². The second-order valence-electron chi connectivity index (χ2n) is 5.55. The molecule has 2 aromatic rings. The van der Waals surface area contributed by atoms with Gasteiger partial charge in [-0.3, -0.25) is 4.79 Å². The van der Waals surface area contributed by atoms with Crippen LogP contribution in [-0.2, 0) is 11.2 Å². The summed E-state index contributed by atoms with van der Waals surface area (Å²) in [6, 6.07) is 14.7. The molecule has 1 N–H and O–H groups in total. The molecule has 0 spiro atoms. The Morgan fingerprint density at radius 3 is 2.45 bits per heavy atom. The summed E-state index contributed by atoms with van der Waals surface area (Å²) in [4.78, 5) is 12.2. The van der Waals surface area contributed by atoms with Gasteiger partial charge in [0.05, 0.1) is 6.04 Å². The maximum absolute atomic E-state index is 12.2. The molecule has 0 aromatic heterocycles. The van der Waals surface area contributed by atoms with Crippen molar-refractivity contribution in [3.8, 4) is 0 Å². The first-order chi connectivity index (χ1) is 9.61. The molecule has 2 heteroatoms. The topological polar surface area (TPSA) is 29.1 Å². The van der Waals surface area contributed by atoms with Crippen LogP contribution in [0, 0.1) is 5.92 Å². The SMILES string of the molecule is CCN[C@@H](Cc1ccc2ccccc2c1)C(=O)C(C)C. The van der Waals surface area contributed by atoms with Gasteiger partial charge in [-0.25, -0.2) is 0 Å². The molecule has 2 nitrogen and oxygen atoms in total. The molecule has 0 amide bonds. The minimum atomic E-state index is -0.0823. The fourth-order valence-corrected chi connectivity index (χ4v) is 2.52. The van der Waals surface area contributed by atoms with Crippen molar-refractivity contribution in [2.45, 2.75) is 33.2 Å². The third-order valence-electron chi connectivity index (χ3n) is 3.62. The van der Waals surface area contributed by atoms with Crippen LogP contribution >= 0.6 is 0 Å². The summed E-state index contributed by atoms with van der Waals surface area (Å²) in [5.41, 5.74) is 1.21. The third-order valence-corrected chi connectivity index (χ3v) is 3.62. The molecule has 0 bridgehead atoms. The van der Waals surface area contributed by atoms with E-state index in [9.17, 15) is 4.79 Å². The van der Waals surface area contributed by atoms with Crippen molar-refractivity contribution in [1.82, 2.24) is 5.32 Å². The van der Waals surface area contributed by atoms with Gasteiger partial charge in [-0.1, -0.05) is 63.2 Å². The van der Waals surface area contributed by atoms with Crippen LogP contribution in [-0.4, -0.2) is 18.4 Å². The molecule has 1 atom stereocenters. The van der Waals surface area contributed by atoms with Gasteiger partial charge in [-0.2, -0.15) is 0 Å². The van der Waals surface area contributed by atoms with Crippen molar-refractivity contribution >= 4 is 16.6 Å². The molecule has 0 aliphatic heterocycles. The van der Waals surface area contributed by atoms with Crippen molar-refractivity contribution in [1.29, 1.82) is 0 Å². The van der Waals surface area contributed by atoms with E-state index in [-0.39, 0.29) is 12.0 Å². The van der Waals surface area contributed by atoms with Crippen LogP contribution in [0.5, 0.6) is 0 Å². The standard InChI is InChI=1S/C18H23NO/c1-4-19-17(18(20)13(2)3)12-14-9-10-15-7-5-6-8-16(15)11-14/h5-11,13,17,19H,4,12H2,1-3H3/t17-/m0/s1. The van der Waals surface area contributed by atoms with Gasteiger partial charge in [0.15, 0.2) is 5.78 Å². The average Bonchev–Trinajstić information content (AvgIpc) is 2.46. The van der Waals surface area contributed by atoms with Crippen LogP contribution < -0.4 is 5.32 Å². The van der Waals surface area contributed by atoms with E-state index in [0.717, 1.165) is 13.0 Å². The van der Waals surface area contributed by atoms with Crippen LogP contribution in [0.15, 0.2) is 42.5 Å². The van der Waals surface area contributed by atoms with Crippen LogP contribution in [0.25, 0.3) is 10.8 Å². The Labute approximate surface area is 121 Å². The predicted molar refractivity (Wildman–Crippen MR) is 85.0 cm³/mol. The molecule has 0 radical (unpaired) electrons. The number of rotatable bonds is 6. The predicted octanol–water partition coefficient (Wildman–Crippen LogP) is 3.59. The number of hydrogen-bond acceptors (Lipinski definition) is 2. The molecule has 0 fully saturated rings. The lowest BCUT2D eigenvalue weighted by Gasteiger charge is -2.19. The highest BCUT2D eigenvalue weighted by atomic mass is 16.1. The van der Waals surface area contributed by atoms with E-state index in [1.165, 1.54) is 16.3 Å². The summed E-state index contributed by atoms with van der Waals surface area (Å²) in [6.07, 6.45) is 0.760. The zero-order chi connectivity index (χ0) is 14.5. The second-order valence-corrected chi connectivity index (χ2v) is 5.55. The van der Waals surface area contributed by atoms with E-state index in [1.807, 2.05) is 32.9 Å². The highest BCUT2D eigenvalue weighted by molar-refractivity contribution is 5.87. The number of hydrogen-bond donors (Lipinski definition) is 1. The zero-order valence-electron chi connectivity index (χ0n) is 12.5. The van der Waals surface area contributed by atoms with E-state index in [1.54, 1.807) is 0 Å². The van der Waals surface area contributed by atoms with Crippen LogP contribution in [0.4, 0.5) is 0 Å². The molecule has 0 unspecified atom stereocenters. The van der Waals surface area contributed by atoms with Crippen LogP contribution in [0.1, 0.15) is 26.3 Å². The highest BCUT2D eigenvalue weighted by Crippen LogP contribution is 2.17. The Balaban J connectivity index is 2.21. The summed E-state index contributed by atoms with van der Waals surface area (Å²) in [5, 5.41) is 5.79. The molecule has 0 saturated carbocycles. The van der Waals surface area contributed by atoms with Gasteiger partial charge >= 0.3 is 0 Å². The lowest BCUT2D eigenvalue weighted by molar-refractivity contribution is -0.123. The van der Waals surface area contributed by atoms with E-state index < -0.39 is 0 Å². The molecular formula is C18H23NO. The van der Waals surface area contributed by atoms with Crippen molar-refractivity contribution in [2.75, 3.05) is 6.54 Å². The van der Waals surface area contributed by atoms with E-state index in [0.29, 0.717) is 5.78 Å². The summed E-state index contributed by atoms with van der Waals surface area (Å²) in [6.45, 7) is 6.79. The number of fused-ring (bicyclic) bond motifs is 1. The molecule has 0 aliphatic carbocycles. The summed E-state index contributed by atoms with van der Waals surface area (Å²) < 4.78 is 0. The summed E-state index contributed by atoms with van der Waals surface area (Å²) >= 11 is 0. The fourth-order valence-electron chi connectivity index (χ4n) is 2.52. The van der Waals surface area contributed by atoms with Crippen molar-refractivity contribution in [3.63, 3.8) is 0 Å². The number of nitrogens with one attached hydrogen (secondary N) is 1. The molecule has 0 aliphatic rings. The molecule has 2 aromatic carbocycles. The summed E-state index contributed by atoms with van der Waals surface area (Å²) in [5.74, 6) is 0.361. The highest BCUT2D eigenvalue weighted by Gasteiger charge is 2.20. The lowest BCUT2D eigenvalue weighted by Crippen LogP contribution is -2.40. The largest absolute Gasteiger partial charge is 0.307 e. The van der Waals surface area contributed by atoms with Gasteiger partial charge in [0.2, 0.25) is 0 Å². The van der Waals surface area contributed by atoms with E-state index in [2.05, 4.69) is 35.6 Å². The number of carbonyl (C=O) groups excluding carboxylic acids is 1. The maximum Gasteiger partial charge on any atom is 0.152 e. The number of likely N-dealkylation sites (N-methyl/N-ethyl adjacent to an activating group) is 1. The number of benzene rings is 2. The van der Waals surface area contributed by atoms with Gasteiger partial charge in [-0.05, 0) is 29.3 Å². The van der Waals surface area contributed by atoms with Crippen LogP contribution in [0.2, 0.25) is 0 Å². The Morgan fingerprint density at radius 2 is 1.80 bits per heavy atom. The monoisotopic (exact) mass is 269 g/mol. The Morgan fingerprint density at radius 1 is 1.10 bits per heavy atom. The van der Waals surface area contributed by atoms with E-state index in [4.69, 9.17) is 0 Å². The minimum absolute atomic E-state index is 0.0690. The van der Waals surface area contributed by atoms with Crippen LogP contribution in [0.3, 0.4) is 0 Å². The smallest absolute Gasteiger partial charge is 0.152 e. The first-order valence-electron chi connectivity index (χ1n) is 7.36. The second kappa shape index (κ2) is 6.67. The fraction of sp³-hybridized carbons (Fsp3) is 0.389. The molecule has 0 heterocycles. The number of ketones is 1. The summed E-state index contributed by atoms with van der Waals surface area (Å²) in [7, 11) is 0. The normalized spacial score (nSPS) is 12.8. The number of carbonyl (C=O) groups is 1. The third kappa shape index (κ3) is 3.45. The van der Waals surface area contributed by atoms with Gasteiger partial charge < -0.3 is 5.32 Å². The van der Waals surface area contributed by atoms with Crippen molar-refractivity contribution in [3.05, 3.63) is 48.0 Å². The van der Waals surface area contributed by atoms with E-state index >= 15 is 0 Å². The Bertz CT molecular complexity index is 589. The van der Waals surface area contributed by atoms with Gasteiger partial charge in [0, 0.05) is 5.92 Å². The lowest BCUT2D eigenvalue weighted by atomic mass is 9.94. The first kappa shape index (κ1) is 14.7. The minimum Gasteiger partial charge on any atom is -0.307 e. The zero-order valence-corrected chi connectivity index (χ0v) is 12.5. The van der Waals surface area contributed by atoms with Crippen molar-refractivity contribution < 1.29 is 4.79 Å².